The third-order valence-corrected chi connectivity index (χ3v) is 3.84. The predicted molar refractivity (Wildman–Crippen MR) is 82.9 cm³/mol. The van der Waals surface area contributed by atoms with Gasteiger partial charge < -0.3 is 0 Å². The molecule has 0 bridgehead atoms. The summed E-state index contributed by atoms with van der Waals surface area (Å²) < 4.78 is 3.15. The number of benzene rings is 1. The van der Waals surface area contributed by atoms with Crippen LogP contribution < -0.4 is 0 Å². The number of rotatable bonds is 3. The molecule has 0 unspecified atom stereocenters. The molecule has 0 aliphatic carbocycles. The minimum absolute atomic E-state index is 0.105. The van der Waals surface area contributed by atoms with E-state index in [2.05, 4.69) is 37.0 Å². The van der Waals surface area contributed by atoms with Crippen LogP contribution in [0.5, 0.6) is 0 Å². The lowest BCUT2D eigenvalue weighted by molar-refractivity contribution is 0.102. The Morgan fingerprint density at radius 2 is 2.00 bits per heavy atom. The minimum atomic E-state index is -0.110. The summed E-state index contributed by atoms with van der Waals surface area (Å²) in [4.78, 5) is 12.6. The Kier molecular flexibility index (Phi) is 4.48. The number of aromatic nitrogens is 2. The molecule has 0 fully saturated rings. The van der Waals surface area contributed by atoms with Gasteiger partial charge >= 0.3 is 0 Å². The maximum atomic E-state index is 12.6. The average Bonchev–Trinajstić information content (AvgIpc) is 2.69. The number of ketones is 1. The van der Waals surface area contributed by atoms with Crippen molar-refractivity contribution in [1.29, 1.82) is 0 Å². The van der Waals surface area contributed by atoms with E-state index in [4.69, 9.17) is 11.6 Å². The van der Waals surface area contributed by atoms with Gasteiger partial charge in [-0.1, -0.05) is 27.5 Å². The SMILES string of the molecule is CC(C)n1ncc(Br)c1C(=O)c1cc(Cl)cc(Br)c1. The molecule has 1 aromatic heterocycles. The third-order valence-electron chi connectivity index (χ3n) is 2.58. The molecular weight excluding hydrogens is 395 g/mol. The van der Waals surface area contributed by atoms with Crippen molar-refractivity contribution in [2.24, 2.45) is 0 Å². The van der Waals surface area contributed by atoms with Crippen LogP contribution in [0.2, 0.25) is 5.02 Å². The molecule has 0 aliphatic heterocycles. The van der Waals surface area contributed by atoms with Crippen molar-refractivity contribution in [3.8, 4) is 0 Å². The molecule has 0 atom stereocenters. The lowest BCUT2D eigenvalue weighted by atomic mass is 10.1. The van der Waals surface area contributed by atoms with E-state index in [1.54, 1.807) is 29.1 Å². The molecule has 6 heteroatoms. The van der Waals surface area contributed by atoms with E-state index in [-0.39, 0.29) is 11.8 Å². The molecule has 1 aromatic carbocycles. The van der Waals surface area contributed by atoms with E-state index in [9.17, 15) is 4.79 Å². The summed E-state index contributed by atoms with van der Waals surface area (Å²) in [6, 6.07) is 5.25. The number of nitrogens with zero attached hydrogens (tertiary/aromatic N) is 2. The van der Waals surface area contributed by atoms with E-state index in [1.165, 1.54) is 0 Å². The molecule has 0 saturated carbocycles. The molecule has 100 valence electrons. The van der Waals surface area contributed by atoms with Crippen LogP contribution >= 0.6 is 43.5 Å². The van der Waals surface area contributed by atoms with Gasteiger partial charge in [0.2, 0.25) is 5.78 Å². The molecule has 2 rings (SSSR count). The second-order valence-corrected chi connectivity index (χ2v) is 6.57. The zero-order chi connectivity index (χ0) is 14.2. The Balaban J connectivity index is 2.53. The lowest BCUT2D eigenvalue weighted by Crippen LogP contribution is -2.14. The molecule has 0 aliphatic rings. The Morgan fingerprint density at radius 1 is 1.32 bits per heavy atom. The average molecular weight is 407 g/mol. The van der Waals surface area contributed by atoms with Gasteiger partial charge in [0.1, 0.15) is 5.69 Å². The summed E-state index contributed by atoms with van der Waals surface area (Å²) in [5.41, 5.74) is 1.06. The van der Waals surface area contributed by atoms with Crippen LogP contribution in [0.1, 0.15) is 35.9 Å². The van der Waals surface area contributed by atoms with Crippen molar-refractivity contribution in [1.82, 2.24) is 9.78 Å². The van der Waals surface area contributed by atoms with Crippen molar-refractivity contribution < 1.29 is 4.79 Å². The van der Waals surface area contributed by atoms with Gasteiger partial charge in [0, 0.05) is 21.1 Å². The normalized spacial score (nSPS) is 11.1. The Labute approximate surface area is 133 Å². The molecule has 0 N–H and O–H groups in total. The second kappa shape index (κ2) is 5.77. The van der Waals surface area contributed by atoms with Crippen LogP contribution in [-0.2, 0) is 0 Å². The zero-order valence-corrected chi connectivity index (χ0v) is 14.3. The van der Waals surface area contributed by atoms with Crippen LogP contribution in [0.15, 0.2) is 33.3 Å². The molecule has 3 nitrogen and oxygen atoms in total. The first-order valence-electron chi connectivity index (χ1n) is 5.64. The van der Waals surface area contributed by atoms with Gasteiger partial charge in [-0.2, -0.15) is 5.10 Å². The number of hydrogen-bond acceptors (Lipinski definition) is 2. The molecule has 0 radical (unpaired) electrons. The van der Waals surface area contributed by atoms with E-state index in [0.717, 1.165) is 4.47 Å². The lowest BCUT2D eigenvalue weighted by Gasteiger charge is -2.11. The molecule has 0 saturated heterocycles. The molecular formula is C13H11Br2ClN2O. The zero-order valence-electron chi connectivity index (χ0n) is 10.3. The first-order chi connectivity index (χ1) is 8.90. The first kappa shape index (κ1) is 14.8. The fraction of sp³-hybridized carbons (Fsp3) is 0.231. The van der Waals surface area contributed by atoms with Crippen molar-refractivity contribution in [2.45, 2.75) is 19.9 Å². The van der Waals surface area contributed by atoms with Crippen LogP contribution in [0.25, 0.3) is 0 Å². The van der Waals surface area contributed by atoms with Crippen LogP contribution in [0, 0.1) is 0 Å². The first-order valence-corrected chi connectivity index (χ1v) is 7.60. The van der Waals surface area contributed by atoms with Gasteiger partial charge in [0.15, 0.2) is 0 Å². The fourth-order valence-corrected chi connectivity index (χ4v) is 3.08. The highest BCUT2D eigenvalue weighted by molar-refractivity contribution is 9.10. The largest absolute Gasteiger partial charge is 0.287 e. The van der Waals surface area contributed by atoms with E-state index in [1.807, 2.05) is 13.8 Å². The van der Waals surface area contributed by atoms with Crippen molar-refractivity contribution >= 4 is 49.2 Å². The van der Waals surface area contributed by atoms with Crippen LogP contribution in [-0.4, -0.2) is 15.6 Å². The third kappa shape index (κ3) is 3.09. The van der Waals surface area contributed by atoms with Gasteiger partial charge in [0.25, 0.3) is 0 Å². The Morgan fingerprint density at radius 3 is 2.58 bits per heavy atom. The molecule has 0 amide bonds. The summed E-state index contributed by atoms with van der Waals surface area (Å²) in [5, 5.41) is 4.73. The maximum Gasteiger partial charge on any atom is 0.212 e. The highest BCUT2D eigenvalue weighted by Crippen LogP contribution is 2.26. The summed E-state index contributed by atoms with van der Waals surface area (Å²) in [6.07, 6.45) is 1.63. The van der Waals surface area contributed by atoms with Crippen molar-refractivity contribution in [3.63, 3.8) is 0 Å². The number of carbonyl (C=O) groups is 1. The fourth-order valence-electron chi connectivity index (χ4n) is 1.77. The quantitative estimate of drug-likeness (QED) is 0.682. The van der Waals surface area contributed by atoms with E-state index in [0.29, 0.717) is 20.8 Å². The van der Waals surface area contributed by atoms with Crippen LogP contribution in [0.4, 0.5) is 0 Å². The molecule has 2 aromatic rings. The molecule has 0 spiro atoms. The number of carbonyl (C=O) groups excluding carboxylic acids is 1. The van der Waals surface area contributed by atoms with Crippen molar-refractivity contribution in [3.05, 3.63) is 49.6 Å². The predicted octanol–water partition coefficient (Wildman–Crippen LogP) is 4.87. The van der Waals surface area contributed by atoms with Crippen molar-refractivity contribution in [2.75, 3.05) is 0 Å². The summed E-state index contributed by atoms with van der Waals surface area (Å²) in [7, 11) is 0. The highest BCUT2D eigenvalue weighted by Gasteiger charge is 2.20. The van der Waals surface area contributed by atoms with Gasteiger partial charge in [-0.25, -0.2) is 0 Å². The standard InChI is InChI=1S/C13H11Br2ClN2O/c1-7(2)18-12(11(15)6-17-18)13(19)8-3-9(14)5-10(16)4-8/h3-7H,1-2H3. The number of hydrogen-bond donors (Lipinski definition) is 0. The summed E-state index contributed by atoms with van der Waals surface area (Å²) >= 11 is 12.7. The Bertz CT molecular complexity index is 617. The highest BCUT2D eigenvalue weighted by atomic mass is 79.9. The van der Waals surface area contributed by atoms with Gasteiger partial charge in [0.05, 0.1) is 10.7 Å². The summed E-state index contributed by atoms with van der Waals surface area (Å²) in [6.45, 7) is 3.95. The summed E-state index contributed by atoms with van der Waals surface area (Å²) in [5.74, 6) is -0.110. The molecule has 19 heavy (non-hydrogen) atoms. The monoisotopic (exact) mass is 404 g/mol. The molecule has 1 heterocycles. The Hall–Kier alpha value is -0.650. The maximum absolute atomic E-state index is 12.6. The minimum Gasteiger partial charge on any atom is -0.287 e. The topological polar surface area (TPSA) is 34.9 Å². The smallest absolute Gasteiger partial charge is 0.212 e. The van der Waals surface area contributed by atoms with Gasteiger partial charge in [-0.15, -0.1) is 0 Å². The van der Waals surface area contributed by atoms with E-state index < -0.39 is 0 Å². The van der Waals surface area contributed by atoms with Gasteiger partial charge in [-0.05, 0) is 48.0 Å². The van der Waals surface area contributed by atoms with Gasteiger partial charge in [-0.3, -0.25) is 9.48 Å². The van der Waals surface area contributed by atoms with E-state index >= 15 is 0 Å². The second-order valence-electron chi connectivity index (χ2n) is 4.37. The number of halogens is 3. The van der Waals surface area contributed by atoms with Crippen LogP contribution in [0.3, 0.4) is 0 Å².